The van der Waals surface area contributed by atoms with E-state index in [0.717, 1.165) is 17.7 Å². The van der Waals surface area contributed by atoms with Gasteiger partial charge in [-0.3, -0.25) is 0 Å². The quantitative estimate of drug-likeness (QED) is 0.923. The minimum atomic E-state index is -0.288. The van der Waals surface area contributed by atoms with Gasteiger partial charge in [-0.2, -0.15) is 0 Å². The molecular weight excluding hydrogens is 306 g/mol. The van der Waals surface area contributed by atoms with Crippen LogP contribution in [0.4, 0.5) is 15.3 Å². The highest BCUT2D eigenvalue weighted by molar-refractivity contribution is 5.89. The minimum Gasteiger partial charge on any atom is -0.449 e. The second kappa shape index (κ2) is 8.57. The molecule has 0 bridgehead atoms. The third-order valence-corrected chi connectivity index (χ3v) is 3.88. The van der Waals surface area contributed by atoms with Crippen LogP contribution in [0.5, 0.6) is 0 Å². The molecule has 0 saturated carbocycles. The smallest absolute Gasteiger partial charge is 0.409 e. The monoisotopic (exact) mass is 333 g/mol. The molecule has 1 N–H and O–H groups in total. The van der Waals surface area contributed by atoms with E-state index in [-0.39, 0.29) is 12.1 Å². The standard InChI is InChI=1S/C18H27N3O3/c1-14(2)13-24-18(23)21-10-4-9-20(11-12-21)17(22)19-16-7-5-15(3)6-8-16/h5-8,14H,4,9-13H2,1-3H3,(H,19,22). The summed E-state index contributed by atoms with van der Waals surface area (Å²) in [5, 5.41) is 2.90. The number of hydrogen-bond acceptors (Lipinski definition) is 3. The van der Waals surface area contributed by atoms with Crippen molar-refractivity contribution in [1.82, 2.24) is 9.80 Å². The number of carbonyl (C=O) groups is 2. The molecule has 1 aromatic carbocycles. The Morgan fingerprint density at radius 1 is 1.08 bits per heavy atom. The summed E-state index contributed by atoms with van der Waals surface area (Å²) in [6, 6.07) is 7.58. The number of rotatable bonds is 3. The zero-order valence-corrected chi connectivity index (χ0v) is 14.7. The van der Waals surface area contributed by atoms with E-state index < -0.39 is 0 Å². The maximum atomic E-state index is 12.4. The van der Waals surface area contributed by atoms with Crippen LogP contribution < -0.4 is 5.32 Å². The van der Waals surface area contributed by atoms with Gasteiger partial charge in [-0.1, -0.05) is 31.5 Å². The lowest BCUT2D eigenvalue weighted by atomic mass is 10.2. The van der Waals surface area contributed by atoms with Crippen LogP contribution in [-0.4, -0.2) is 54.7 Å². The largest absolute Gasteiger partial charge is 0.449 e. The highest BCUT2D eigenvalue weighted by atomic mass is 16.6. The number of benzene rings is 1. The summed E-state index contributed by atoms with van der Waals surface area (Å²) in [5.74, 6) is 0.317. The first-order valence-electron chi connectivity index (χ1n) is 8.50. The maximum Gasteiger partial charge on any atom is 0.409 e. The summed E-state index contributed by atoms with van der Waals surface area (Å²) in [6.07, 6.45) is 0.461. The van der Waals surface area contributed by atoms with Gasteiger partial charge in [0.15, 0.2) is 0 Å². The molecule has 0 spiro atoms. The highest BCUT2D eigenvalue weighted by Crippen LogP contribution is 2.11. The van der Waals surface area contributed by atoms with Gasteiger partial charge in [-0.05, 0) is 31.4 Å². The molecule has 0 unspecified atom stereocenters. The lowest BCUT2D eigenvalue weighted by Crippen LogP contribution is -2.39. The van der Waals surface area contributed by atoms with E-state index >= 15 is 0 Å². The molecule has 2 rings (SSSR count). The average Bonchev–Trinajstić information content (AvgIpc) is 2.81. The fourth-order valence-electron chi connectivity index (χ4n) is 2.47. The summed E-state index contributed by atoms with van der Waals surface area (Å²) in [5.41, 5.74) is 1.93. The van der Waals surface area contributed by atoms with E-state index in [1.54, 1.807) is 9.80 Å². The van der Waals surface area contributed by atoms with Gasteiger partial charge in [0, 0.05) is 31.9 Å². The molecule has 6 nitrogen and oxygen atoms in total. The third-order valence-electron chi connectivity index (χ3n) is 3.88. The van der Waals surface area contributed by atoms with Crippen LogP contribution in [0.25, 0.3) is 0 Å². The van der Waals surface area contributed by atoms with Crippen molar-refractivity contribution < 1.29 is 14.3 Å². The van der Waals surface area contributed by atoms with Crippen LogP contribution in [0.15, 0.2) is 24.3 Å². The van der Waals surface area contributed by atoms with Gasteiger partial charge in [-0.15, -0.1) is 0 Å². The topological polar surface area (TPSA) is 61.9 Å². The Morgan fingerprint density at radius 3 is 2.38 bits per heavy atom. The normalized spacial score (nSPS) is 15.2. The minimum absolute atomic E-state index is 0.128. The van der Waals surface area contributed by atoms with Crippen molar-refractivity contribution in [1.29, 1.82) is 0 Å². The molecular formula is C18H27N3O3. The molecule has 6 heteroatoms. The number of amides is 3. The summed E-state index contributed by atoms with van der Waals surface area (Å²) >= 11 is 0. The first-order valence-corrected chi connectivity index (χ1v) is 8.50. The van der Waals surface area contributed by atoms with Crippen LogP contribution in [0, 0.1) is 12.8 Å². The Morgan fingerprint density at radius 2 is 1.71 bits per heavy atom. The van der Waals surface area contributed by atoms with Crippen LogP contribution in [0.1, 0.15) is 25.8 Å². The van der Waals surface area contributed by atoms with Gasteiger partial charge in [0.1, 0.15) is 0 Å². The molecule has 1 aliphatic heterocycles. The lowest BCUT2D eigenvalue weighted by molar-refractivity contribution is 0.0934. The fourth-order valence-corrected chi connectivity index (χ4v) is 2.47. The molecule has 1 saturated heterocycles. The number of nitrogens with zero attached hydrogens (tertiary/aromatic N) is 2. The van der Waals surface area contributed by atoms with Crippen LogP contribution in [-0.2, 0) is 4.74 Å². The summed E-state index contributed by atoms with van der Waals surface area (Å²) < 4.78 is 5.27. The van der Waals surface area contributed by atoms with Gasteiger partial charge in [0.2, 0.25) is 0 Å². The number of ether oxygens (including phenoxy) is 1. The summed E-state index contributed by atoms with van der Waals surface area (Å²) in [7, 11) is 0. The van der Waals surface area contributed by atoms with Crippen molar-refractivity contribution in [3.8, 4) is 0 Å². The lowest BCUT2D eigenvalue weighted by Gasteiger charge is -2.22. The zero-order valence-electron chi connectivity index (χ0n) is 14.7. The molecule has 1 aliphatic rings. The first kappa shape index (κ1) is 18.1. The molecule has 0 aromatic heterocycles. The van der Waals surface area contributed by atoms with Crippen molar-refractivity contribution in [3.63, 3.8) is 0 Å². The third kappa shape index (κ3) is 5.44. The van der Waals surface area contributed by atoms with E-state index in [2.05, 4.69) is 5.32 Å². The maximum absolute atomic E-state index is 12.4. The number of carbonyl (C=O) groups excluding carboxylic acids is 2. The molecule has 1 heterocycles. The van der Waals surface area contributed by atoms with Gasteiger partial charge < -0.3 is 19.9 Å². The fraction of sp³-hybridized carbons (Fsp3) is 0.556. The number of anilines is 1. The summed E-state index contributed by atoms with van der Waals surface area (Å²) in [4.78, 5) is 27.8. The molecule has 3 amide bonds. The Labute approximate surface area is 143 Å². The first-order chi connectivity index (χ1) is 11.5. The molecule has 0 atom stereocenters. The van der Waals surface area contributed by atoms with Gasteiger partial charge in [0.05, 0.1) is 6.61 Å². The van der Waals surface area contributed by atoms with Crippen LogP contribution in [0.3, 0.4) is 0 Å². The highest BCUT2D eigenvalue weighted by Gasteiger charge is 2.23. The molecule has 1 aromatic rings. The van der Waals surface area contributed by atoms with Crippen molar-refractivity contribution in [3.05, 3.63) is 29.8 Å². The van der Waals surface area contributed by atoms with Crippen LogP contribution >= 0.6 is 0 Å². The zero-order chi connectivity index (χ0) is 17.5. The number of aryl methyl sites for hydroxylation is 1. The predicted molar refractivity (Wildman–Crippen MR) is 94.1 cm³/mol. The van der Waals surface area contributed by atoms with E-state index in [1.165, 1.54) is 0 Å². The molecule has 1 fully saturated rings. The Bertz CT molecular complexity index is 557. The van der Waals surface area contributed by atoms with E-state index in [4.69, 9.17) is 4.74 Å². The van der Waals surface area contributed by atoms with Crippen LogP contribution in [0.2, 0.25) is 0 Å². The Kier molecular flexibility index (Phi) is 6.46. The number of nitrogens with one attached hydrogen (secondary N) is 1. The van der Waals surface area contributed by atoms with Gasteiger partial charge >= 0.3 is 12.1 Å². The molecule has 0 radical (unpaired) electrons. The second-order valence-corrected chi connectivity index (χ2v) is 6.59. The van der Waals surface area contributed by atoms with E-state index in [1.807, 2.05) is 45.0 Å². The predicted octanol–water partition coefficient (Wildman–Crippen LogP) is 3.33. The molecule has 24 heavy (non-hydrogen) atoms. The molecule has 0 aliphatic carbocycles. The average molecular weight is 333 g/mol. The Hall–Kier alpha value is -2.24. The van der Waals surface area contributed by atoms with E-state index in [9.17, 15) is 9.59 Å². The van der Waals surface area contributed by atoms with Crippen molar-refractivity contribution in [2.24, 2.45) is 5.92 Å². The SMILES string of the molecule is Cc1ccc(NC(=O)N2CCCN(C(=O)OCC(C)C)CC2)cc1. The molecule has 132 valence electrons. The van der Waals surface area contributed by atoms with Gasteiger partial charge in [0.25, 0.3) is 0 Å². The summed E-state index contributed by atoms with van der Waals surface area (Å²) in [6.45, 7) is 8.70. The van der Waals surface area contributed by atoms with Gasteiger partial charge in [-0.25, -0.2) is 9.59 Å². The van der Waals surface area contributed by atoms with E-state index in [0.29, 0.717) is 38.7 Å². The van der Waals surface area contributed by atoms with Crippen molar-refractivity contribution in [2.45, 2.75) is 27.2 Å². The number of hydrogen-bond donors (Lipinski definition) is 1. The van der Waals surface area contributed by atoms with Crippen molar-refractivity contribution in [2.75, 3.05) is 38.1 Å². The number of urea groups is 1. The second-order valence-electron chi connectivity index (χ2n) is 6.59. The van der Waals surface area contributed by atoms with Crippen molar-refractivity contribution >= 4 is 17.8 Å². The Balaban J connectivity index is 1.84.